The largest absolute Gasteiger partial charge is 0.333 e. The Bertz CT molecular complexity index is 635. The molecule has 0 saturated heterocycles. The van der Waals surface area contributed by atoms with Crippen molar-refractivity contribution in [3.8, 4) is 5.69 Å². The zero-order chi connectivity index (χ0) is 16.9. The molecule has 1 heterocycles. The van der Waals surface area contributed by atoms with Gasteiger partial charge >= 0.3 is 6.03 Å². The summed E-state index contributed by atoms with van der Waals surface area (Å²) in [6.07, 6.45) is 1.74. The average Bonchev–Trinajstić information content (AvgIpc) is 3.05. The Kier molecular flexibility index (Phi) is 5.31. The molecular formula is C16H24N6O. The van der Waals surface area contributed by atoms with Crippen LogP contribution in [0.25, 0.3) is 5.69 Å². The molecule has 2 aromatic rings. The van der Waals surface area contributed by atoms with Gasteiger partial charge in [-0.05, 0) is 49.2 Å². The summed E-state index contributed by atoms with van der Waals surface area (Å²) in [5.41, 5.74) is 0.642. The molecule has 0 aliphatic heterocycles. The van der Waals surface area contributed by atoms with E-state index < -0.39 is 0 Å². The lowest BCUT2D eigenvalue weighted by Crippen LogP contribution is -2.50. The van der Waals surface area contributed by atoms with Crippen LogP contribution in [0.1, 0.15) is 52.4 Å². The molecule has 0 aliphatic rings. The molecule has 0 fully saturated rings. The summed E-state index contributed by atoms with van der Waals surface area (Å²) in [6.45, 7) is 8.01. The lowest BCUT2D eigenvalue weighted by molar-refractivity contribution is 0.221. The first-order chi connectivity index (χ1) is 11.0. The molecule has 2 amide bonds. The Hall–Kier alpha value is -2.44. The van der Waals surface area contributed by atoms with Gasteiger partial charge in [0.2, 0.25) is 0 Å². The van der Waals surface area contributed by atoms with E-state index in [4.69, 9.17) is 0 Å². The van der Waals surface area contributed by atoms with Crippen LogP contribution in [0.15, 0.2) is 30.3 Å². The molecule has 0 radical (unpaired) electrons. The maximum absolute atomic E-state index is 12.2. The van der Waals surface area contributed by atoms with Gasteiger partial charge in [-0.2, -0.15) is 4.68 Å². The average molecular weight is 316 g/mol. The smallest absolute Gasteiger partial charge is 0.315 e. The van der Waals surface area contributed by atoms with Crippen molar-refractivity contribution in [1.29, 1.82) is 0 Å². The van der Waals surface area contributed by atoms with Gasteiger partial charge < -0.3 is 10.6 Å². The van der Waals surface area contributed by atoms with E-state index in [0.717, 1.165) is 18.5 Å². The van der Waals surface area contributed by atoms with Gasteiger partial charge in [-0.15, -0.1) is 5.10 Å². The van der Waals surface area contributed by atoms with Gasteiger partial charge in [0.25, 0.3) is 0 Å². The quantitative estimate of drug-likeness (QED) is 0.858. The third-order valence-corrected chi connectivity index (χ3v) is 4.21. The van der Waals surface area contributed by atoms with Crippen molar-refractivity contribution in [2.45, 2.75) is 52.1 Å². The first-order valence-corrected chi connectivity index (χ1v) is 7.91. The van der Waals surface area contributed by atoms with Crippen LogP contribution in [0.3, 0.4) is 0 Å². The topological polar surface area (TPSA) is 84.7 Å². The Morgan fingerprint density at radius 2 is 1.91 bits per heavy atom. The number of para-hydroxylation sites is 1. The minimum Gasteiger partial charge on any atom is -0.333 e. The number of hydrogen-bond donors (Lipinski definition) is 2. The number of aromatic nitrogens is 4. The van der Waals surface area contributed by atoms with E-state index in [9.17, 15) is 4.79 Å². The zero-order valence-electron chi connectivity index (χ0n) is 14.1. The number of benzene rings is 1. The first-order valence-electron chi connectivity index (χ1n) is 7.91. The SMILES string of the molecule is CCC(C)(CC)NC(=O)NC(C)c1nnnn1-c1ccccc1. The zero-order valence-corrected chi connectivity index (χ0v) is 14.1. The van der Waals surface area contributed by atoms with Crippen LogP contribution in [-0.2, 0) is 0 Å². The minimum absolute atomic E-state index is 0.213. The third-order valence-electron chi connectivity index (χ3n) is 4.21. The highest BCUT2D eigenvalue weighted by atomic mass is 16.2. The summed E-state index contributed by atoms with van der Waals surface area (Å²) < 4.78 is 1.63. The summed E-state index contributed by atoms with van der Waals surface area (Å²) in [4.78, 5) is 12.2. The van der Waals surface area contributed by atoms with E-state index in [0.29, 0.717) is 5.82 Å². The highest BCUT2D eigenvalue weighted by Gasteiger charge is 2.24. The van der Waals surface area contributed by atoms with Crippen molar-refractivity contribution < 1.29 is 4.79 Å². The van der Waals surface area contributed by atoms with Crippen molar-refractivity contribution in [1.82, 2.24) is 30.8 Å². The van der Waals surface area contributed by atoms with E-state index in [-0.39, 0.29) is 17.6 Å². The van der Waals surface area contributed by atoms with Crippen LogP contribution < -0.4 is 10.6 Å². The van der Waals surface area contributed by atoms with Gasteiger partial charge in [-0.25, -0.2) is 4.79 Å². The fourth-order valence-corrected chi connectivity index (χ4v) is 2.22. The van der Waals surface area contributed by atoms with Crippen molar-refractivity contribution in [3.05, 3.63) is 36.2 Å². The molecule has 7 heteroatoms. The molecule has 0 saturated carbocycles. The summed E-state index contributed by atoms with van der Waals surface area (Å²) in [6, 6.07) is 9.06. The fraction of sp³-hybridized carbons (Fsp3) is 0.500. The number of urea groups is 1. The molecule has 1 aromatic heterocycles. The molecule has 2 rings (SSSR count). The van der Waals surface area contributed by atoms with E-state index in [2.05, 4.69) is 40.0 Å². The molecule has 1 atom stereocenters. The van der Waals surface area contributed by atoms with Gasteiger partial charge in [0.05, 0.1) is 11.7 Å². The van der Waals surface area contributed by atoms with Gasteiger partial charge in [0, 0.05) is 5.54 Å². The maximum atomic E-state index is 12.2. The monoisotopic (exact) mass is 316 g/mol. The Labute approximate surface area is 136 Å². The Morgan fingerprint density at radius 1 is 1.26 bits per heavy atom. The number of tetrazole rings is 1. The number of nitrogens with one attached hydrogen (secondary N) is 2. The van der Waals surface area contributed by atoms with Crippen LogP contribution in [0.5, 0.6) is 0 Å². The summed E-state index contributed by atoms with van der Waals surface area (Å²) in [5, 5.41) is 17.7. The summed E-state index contributed by atoms with van der Waals surface area (Å²) in [7, 11) is 0. The molecular weight excluding hydrogens is 292 g/mol. The van der Waals surface area contributed by atoms with Gasteiger partial charge in [0.1, 0.15) is 0 Å². The molecule has 124 valence electrons. The predicted octanol–water partition coefficient (Wildman–Crippen LogP) is 2.60. The standard InChI is InChI=1S/C16H24N6O/c1-5-16(4,6-2)18-15(23)17-12(3)14-19-20-21-22(14)13-10-8-7-9-11-13/h7-12H,5-6H2,1-4H3,(H2,17,18,23). The van der Waals surface area contributed by atoms with Crippen LogP contribution in [0.2, 0.25) is 0 Å². The predicted molar refractivity (Wildman–Crippen MR) is 88.2 cm³/mol. The first kappa shape index (κ1) is 16.9. The second kappa shape index (κ2) is 7.21. The third kappa shape index (κ3) is 4.06. The fourth-order valence-electron chi connectivity index (χ4n) is 2.22. The molecule has 0 aliphatic carbocycles. The van der Waals surface area contributed by atoms with Crippen LogP contribution in [0.4, 0.5) is 4.79 Å². The second-order valence-corrected chi connectivity index (χ2v) is 5.87. The second-order valence-electron chi connectivity index (χ2n) is 5.87. The van der Waals surface area contributed by atoms with Crippen LogP contribution >= 0.6 is 0 Å². The number of rotatable bonds is 6. The number of carbonyl (C=O) groups is 1. The normalized spacial score (nSPS) is 12.7. The molecule has 2 N–H and O–H groups in total. The molecule has 7 nitrogen and oxygen atoms in total. The summed E-state index contributed by atoms with van der Waals surface area (Å²) in [5.74, 6) is 0.584. The van der Waals surface area contributed by atoms with Crippen molar-refractivity contribution in [3.63, 3.8) is 0 Å². The number of nitrogens with zero attached hydrogens (tertiary/aromatic N) is 4. The highest BCUT2D eigenvalue weighted by molar-refractivity contribution is 5.75. The van der Waals surface area contributed by atoms with E-state index >= 15 is 0 Å². The van der Waals surface area contributed by atoms with Crippen LogP contribution in [0, 0.1) is 0 Å². The van der Waals surface area contributed by atoms with Crippen molar-refractivity contribution >= 4 is 6.03 Å². The van der Waals surface area contributed by atoms with Gasteiger partial charge in [-0.3, -0.25) is 0 Å². The van der Waals surface area contributed by atoms with Crippen molar-refractivity contribution in [2.75, 3.05) is 0 Å². The van der Waals surface area contributed by atoms with E-state index in [1.54, 1.807) is 4.68 Å². The number of amides is 2. The lowest BCUT2D eigenvalue weighted by Gasteiger charge is -2.29. The van der Waals surface area contributed by atoms with Crippen molar-refractivity contribution in [2.24, 2.45) is 0 Å². The number of hydrogen-bond acceptors (Lipinski definition) is 4. The number of carbonyl (C=O) groups excluding carboxylic acids is 1. The Balaban J connectivity index is 2.09. The van der Waals surface area contributed by atoms with Crippen LogP contribution in [-0.4, -0.2) is 31.8 Å². The molecule has 0 spiro atoms. The van der Waals surface area contributed by atoms with Gasteiger partial charge in [0.15, 0.2) is 5.82 Å². The van der Waals surface area contributed by atoms with E-state index in [1.165, 1.54) is 0 Å². The Morgan fingerprint density at radius 3 is 2.52 bits per heavy atom. The molecule has 0 bridgehead atoms. The molecule has 23 heavy (non-hydrogen) atoms. The molecule has 1 unspecified atom stereocenters. The van der Waals surface area contributed by atoms with E-state index in [1.807, 2.05) is 44.2 Å². The minimum atomic E-state index is -0.317. The maximum Gasteiger partial charge on any atom is 0.315 e. The molecule has 1 aromatic carbocycles. The lowest BCUT2D eigenvalue weighted by atomic mass is 9.96. The summed E-state index contributed by atoms with van der Waals surface area (Å²) >= 11 is 0. The van der Waals surface area contributed by atoms with Gasteiger partial charge in [-0.1, -0.05) is 32.0 Å². The highest BCUT2D eigenvalue weighted by Crippen LogP contribution is 2.15.